The Hall–Kier alpha value is -2.42. The second kappa shape index (κ2) is 8.79. The van der Waals surface area contributed by atoms with Gasteiger partial charge in [0, 0.05) is 6.61 Å². The number of aliphatic hydroxyl groups excluding tert-OH is 1. The van der Waals surface area contributed by atoms with E-state index in [4.69, 9.17) is 4.74 Å². The standard InChI is InChI=1S/C24H26O2/c1-20(25)12-11-19-26-24(21-13-5-2-6-14-21,22-15-7-3-8-16-22)23-17-9-4-10-18-23/h2-10,13-18,20,25H,11-12,19H2,1H3/t20-/m0/s1. The largest absolute Gasteiger partial charge is 0.393 e. The molecule has 2 heteroatoms. The molecule has 1 N–H and O–H groups in total. The van der Waals surface area contributed by atoms with Gasteiger partial charge in [-0.3, -0.25) is 0 Å². The van der Waals surface area contributed by atoms with Gasteiger partial charge >= 0.3 is 0 Å². The van der Waals surface area contributed by atoms with Crippen LogP contribution >= 0.6 is 0 Å². The molecule has 26 heavy (non-hydrogen) atoms. The summed E-state index contributed by atoms with van der Waals surface area (Å²) in [6.07, 6.45) is 1.23. The molecule has 134 valence electrons. The van der Waals surface area contributed by atoms with E-state index in [2.05, 4.69) is 72.8 Å². The molecular formula is C24H26O2. The lowest BCUT2D eigenvalue weighted by molar-refractivity contribution is 0.00672. The van der Waals surface area contributed by atoms with Crippen molar-refractivity contribution in [3.63, 3.8) is 0 Å². The third-order valence-electron chi connectivity index (χ3n) is 4.63. The highest BCUT2D eigenvalue weighted by atomic mass is 16.5. The zero-order valence-corrected chi connectivity index (χ0v) is 15.2. The summed E-state index contributed by atoms with van der Waals surface area (Å²) in [4.78, 5) is 0. The summed E-state index contributed by atoms with van der Waals surface area (Å²) in [6, 6.07) is 31.1. The van der Waals surface area contributed by atoms with Crippen LogP contribution in [0.2, 0.25) is 0 Å². The van der Waals surface area contributed by atoms with E-state index >= 15 is 0 Å². The lowest BCUT2D eigenvalue weighted by atomic mass is 9.80. The molecule has 3 rings (SSSR count). The van der Waals surface area contributed by atoms with Crippen LogP contribution in [0.4, 0.5) is 0 Å². The van der Waals surface area contributed by atoms with Crippen molar-refractivity contribution in [1.29, 1.82) is 0 Å². The van der Waals surface area contributed by atoms with E-state index in [-0.39, 0.29) is 6.10 Å². The highest BCUT2D eigenvalue weighted by Crippen LogP contribution is 2.40. The lowest BCUT2D eigenvalue weighted by Crippen LogP contribution is -2.33. The molecule has 0 saturated heterocycles. The third-order valence-corrected chi connectivity index (χ3v) is 4.63. The molecule has 0 amide bonds. The molecule has 0 aromatic heterocycles. The molecule has 0 unspecified atom stereocenters. The quantitative estimate of drug-likeness (QED) is 0.451. The summed E-state index contributed by atoms with van der Waals surface area (Å²) < 4.78 is 6.63. The molecule has 0 aliphatic rings. The SMILES string of the molecule is C[C@H](O)CCCOC(c1ccccc1)(c1ccccc1)c1ccccc1. The Morgan fingerprint density at radius 2 is 1.12 bits per heavy atom. The minimum absolute atomic E-state index is 0.307. The molecule has 0 aliphatic heterocycles. The van der Waals surface area contributed by atoms with Gasteiger partial charge in [-0.15, -0.1) is 0 Å². The first kappa shape index (κ1) is 18.4. The van der Waals surface area contributed by atoms with Crippen LogP contribution in [0, 0.1) is 0 Å². The monoisotopic (exact) mass is 346 g/mol. The van der Waals surface area contributed by atoms with Crippen LogP contribution in [0.5, 0.6) is 0 Å². The molecule has 0 aliphatic carbocycles. The summed E-state index contributed by atoms with van der Waals surface area (Å²) in [6.45, 7) is 2.39. The van der Waals surface area contributed by atoms with Gasteiger partial charge in [0.15, 0.2) is 0 Å². The van der Waals surface area contributed by atoms with E-state index in [9.17, 15) is 5.11 Å². The van der Waals surface area contributed by atoms with Gasteiger partial charge in [-0.05, 0) is 36.5 Å². The van der Waals surface area contributed by atoms with Crippen molar-refractivity contribution in [3.05, 3.63) is 108 Å². The summed E-state index contributed by atoms with van der Waals surface area (Å²) >= 11 is 0. The average molecular weight is 346 g/mol. The minimum atomic E-state index is -0.664. The second-order valence-electron chi connectivity index (χ2n) is 6.62. The molecule has 0 fully saturated rings. The van der Waals surface area contributed by atoms with E-state index in [1.165, 1.54) is 0 Å². The summed E-state index contributed by atoms with van der Waals surface area (Å²) in [5, 5.41) is 9.58. The maximum absolute atomic E-state index is 9.58. The Labute approximate surface area is 156 Å². The van der Waals surface area contributed by atoms with Gasteiger partial charge in [0.05, 0.1) is 6.10 Å². The van der Waals surface area contributed by atoms with Gasteiger partial charge in [-0.1, -0.05) is 91.0 Å². The van der Waals surface area contributed by atoms with Crippen LogP contribution < -0.4 is 0 Å². The Balaban J connectivity index is 2.09. The molecule has 3 aromatic carbocycles. The Bertz CT molecular complexity index is 670. The maximum Gasteiger partial charge on any atom is 0.143 e. The average Bonchev–Trinajstić information content (AvgIpc) is 2.70. The van der Waals surface area contributed by atoms with Crippen molar-refractivity contribution in [2.45, 2.75) is 31.5 Å². The van der Waals surface area contributed by atoms with E-state index < -0.39 is 5.60 Å². The van der Waals surface area contributed by atoms with Crippen LogP contribution in [0.25, 0.3) is 0 Å². The molecule has 3 aromatic rings. The number of hydrogen-bond donors (Lipinski definition) is 1. The Kier molecular flexibility index (Phi) is 6.21. The van der Waals surface area contributed by atoms with Crippen LogP contribution in [-0.2, 0) is 10.3 Å². The normalized spacial score (nSPS) is 12.7. The van der Waals surface area contributed by atoms with Crippen LogP contribution in [0.3, 0.4) is 0 Å². The third kappa shape index (κ3) is 4.04. The van der Waals surface area contributed by atoms with E-state index in [0.29, 0.717) is 6.61 Å². The smallest absolute Gasteiger partial charge is 0.143 e. The van der Waals surface area contributed by atoms with Gasteiger partial charge in [-0.25, -0.2) is 0 Å². The molecule has 0 spiro atoms. The lowest BCUT2D eigenvalue weighted by Gasteiger charge is -2.36. The molecule has 2 nitrogen and oxygen atoms in total. The summed E-state index contributed by atoms with van der Waals surface area (Å²) in [5.74, 6) is 0. The predicted molar refractivity (Wildman–Crippen MR) is 106 cm³/mol. The van der Waals surface area contributed by atoms with Crippen molar-refractivity contribution in [3.8, 4) is 0 Å². The first-order valence-corrected chi connectivity index (χ1v) is 9.22. The second-order valence-corrected chi connectivity index (χ2v) is 6.62. The maximum atomic E-state index is 9.58. The number of benzene rings is 3. The van der Waals surface area contributed by atoms with Gasteiger partial charge in [-0.2, -0.15) is 0 Å². The van der Waals surface area contributed by atoms with Crippen LogP contribution in [-0.4, -0.2) is 17.8 Å². The van der Waals surface area contributed by atoms with Crippen molar-refractivity contribution < 1.29 is 9.84 Å². The van der Waals surface area contributed by atoms with Gasteiger partial charge < -0.3 is 9.84 Å². The topological polar surface area (TPSA) is 29.5 Å². The molecule has 0 heterocycles. The van der Waals surface area contributed by atoms with E-state index in [1.54, 1.807) is 0 Å². The van der Waals surface area contributed by atoms with Crippen LogP contribution in [0.1, 0.15) is 36.5 Å². The van der Waals surface area contributed by atoms with E-state index in [0.717, 1.165) is 29.5 Å². The van der Waals surface area contributed by atoms with Gasteiger partial charge in [0.25, 0.3) is 0 Å². The molecule has 0 saturated carbocycles. The Morgan fingerprint density at radius 3 is 1.46 bits per heavy atom. The zero-order valence-electron chi connectivity index (χ0n) is 15.2. The number of ether oxygens (including phenoxy) is 1. The van der Waals surface area contributed by atoms with Crippen LogP contribution in [0.15, 0.2) is 91.0 Å². The van der Waals surface area contributed by atoms with Gasteiger partial charge in [0.2, 0.25) is 0 Å². The fourth-order valence-electron chi connectivity index (χ4n) is 3.37. The molecule has 0 radical (unpaired) electrons. The Morgan fingerprint density at radius 1 is 0.731 bits per heavy atom. The molecule has 1 atom stereocenters. The highest BCUT2D eigenvalue weighted by Gasteiger charge is 2.37. The predicted octanol–water partition coefficient (Wildman–Crippen LogP) is 5.16. The minimum Gasteiger partial charge on any atom is -0.393 e. The zero-order chi connectivity index (χ0) is 18.2. The van der Waals surface area contributed by atoms with Crippen molar-refractivity contribution in [1.82, 2.24) is 0 Å². The first-order chi connectivity index (χ1) is 12.7. The number of aliphatic hydroxyl groups is 1. The van der Waals surface area contributed by atoms with Crippen molar-refractivity contribution in [2.75, 3.05) is 6.61 Å². The van der Waals surface area contributed by atoms with E-state index in [1.807, 2.05) is 25.1 Å². The fourth-order valence-corrected chi connectivity index (χ4v) is 3.37. The summed E-state index contributed by atoms with van der Waals surface area (Å²) in [5.41, 5.74) is 2.65. The summed E-state index contributed by atoms with van der Waals surface area (Å²) in [7, 11) is 0. The highest BCUT2D eigenvalue weighted by molar-refractivity contribution is 5.47. The van der Waals surface area contributed by atoms with Crippen molar-refractivity contribution in [2.24, 2.45) is 0 Å². The fraction of sp³-hybridized carbons (Fsp3) is 0.250. The molecular weight excluding hydrogens is 320 g/mol. The molecule has 0 bridgehead atoms. The first-order valence-electron chi connectivity index (χ1n) is 9.22. The number of hydrogen-bond acceptors (Lipinski definition) is 2. The van der Waals surface area contributed by atoms with Crippen molar-refractivity contribution >= 4 is 0 Å². The number of rotatable bonds is 8. The van der Waals surface area contributed by atoms with Gasteiger partial charge in [0.1, 0.15) is 5.60 Å².